The van der Waals surface area contributed by atoms with Crippen LogP contribution in [-0.2, 0) is 10.3 Å². The maximum absolute atomic E-state index is 12.0. The van der Waals surface area contributed by atoms with Crippen LogP contribution < -0.4 is 10.5 Å². The van der Waals surface area contributed by atoms with E-state index < -0.39 is 5.60 Å². The minimum absolute atomic E-state index is 0.124. The molecule has 3 N–H and O–H groups in total. The molecule has 4 heteroatoms. The summed E-state index contributed by atoms with van der Waals surface area (Å²) in [5.74, 6) is 1.61. The highest BCUT2D eigenvalue weighted by molar-refractivity contribution is 5.41. The molecule has 0 aliphatic carbocycles. The van der Waals surface area contributed by atoms with Gasteiger partial charge in [-0.15, -0.1) is 0 Å². The first-order valence-electron chi connectivity index (χ1n) is 10.4. The van der Waals surface area contributed by atoms with Gasteiger partial charge in [0.25, 0.3) is 0 Å². The number of unbranched alkanes of at least 4 members (excludes halogenated alkanes) is 1. The summed E-state index contributed by atoms with van der Waals surface area (Å²) in [6.07, 6.45) is 5.18. The molecule has 0 aliphatic heterocycles. The third-order valence-electron chi connectivity index (χ3n) is 5.41. The average molecular weight is 386 g/mol. The van der Waals surface area contributed by atoms with Crippen molar-refractivity contribution >= 4 is 0 Å². The van der Waals surface area contributed by atoms with Crippen molar-refractivity contribution < 1.29 is 14.6 Å². The largest absolute Gasteiger partial charge is 0.457 e. The molecule has 0 saturated carbocycles. The molecule has 2 atom stereocenters. The van der Waals surface area contributed by atoms with Gasteiger partial charge in [0.1, 0.15) is 11.5 Å². The molecule has 0 aromatic heterocycles. The number of hydrogen-bond acceptors (Lipinski definition) is 4. The first-order chi connectivity index (χ1) is 13.7. The first kappa shape index (κ1) is 22.4. The van der Waals surface area contributed by atoms with Gasteiger partial charge in [-0.05, 0) is 62.8 Å². The van der Waals surface area contributed by atoms with Gasteiger partial charge in [-0.25, -0.2) is 0 Å². The summed E-state index contributed by atoms with van der Waals surface area (Å²) in [5, 5.41) is 12.0. The van der Waals surface area contributed by atoms with Crippen LogP contribution in [0.4, 0.5) is 0 Å². The molecule has 4 nitrogen and oxygen atoms in total. The molecule has 0 unspecified atom stereocenters. The molecule has 2 rings (SSSR count). The molecular weight excluding hydrogens is 350 g/mol. The molecule has 0 heterocycles. The molecule has 0 radical (unpaired) electrons. The van der Waals surface area contributed by atoms with Crippen molar-refractivity contribution in [2.75, 3.05) is 20.3 Å². The fourth-order valence-corrected chi connectivity index (χ4v) is 3.87. The average Bonchev–Trinajstić information content (AvgIpc) is 2.73. The Morgan fingerprint density at radius 1 is 1.00 bits per heavy atom. The zero-order valence-corrected chi connectivity index (χ0v) is 17.3. The predicted octanol–water partition coefficient (Wildman–Crippen LogP) is 5.25. The lowest BCUT2D eigenvalue weighted by atomic mass is 9.74. The van der Waals surface area contributed by atoms with Crippen molar-refractivity contribution in [1.82, 2.24) is 0 Å². The summed E-state index contributed by atoms with van der Waals surface area (Å²) in [6, 6.07) is 17.6. The monoisotopic (exact) mass is 385 g/mol. The molecule has 0 saturated heterocycles. The molecule has 28 heavy (non-hydrogen) atoms. The highest BCUT2D eigenvalue weighted by Gasteiger charge is 2.38. The molecule has 0 amide bonds. The minimum atomic E-state index is -0.955. The second-order valence-electron chi connectivity index (χ2n) is 7.32. The van der Waals surface area contributed by atoms with Gasteiger partial charge in [0.15, 0.2) is 0 Å². The highest BCUT2D eigenvalue weighted by atomic mass is 16.5. The van der Waals surface area contributed by atoms with E-state index in [1.165, 1.54) is 0 Å². The van der Waals surface area contributed by atoms with E-state index in [0.717, 1.165) is 43.4 Å². The van der Waals surface area contributed by atoms with E-state index in [4.69, 9.17) is 15.2 Å². The third kappa shape index (κ3) is 6.06. The van der Waals surface area contributed by atoms with E-state index >= 15 is 0 Å². The van der Waals surface area contributed by atoms with Crippen LogP contribution in [0.2, 0.25) is 0 Å². The van der Waals surface area contributed by atoms with E-state index in [1.807, 2.05) is 54.6 Å². The number of hydrogen-bond donors (Lipinski definition) is 2. The number of aliphatic hydroxyl groups is 1. The van der Waals surface area contributed by atoms with Gasteiger partial charge in [0.05, 0.1) is 5.60 Å². The van der Waals surface area contributed by atoms with E-state index in [2.05, 4.69) is 6.92 Å². The Balaban J connectivity index is 2.35. The molecule has 0 spiro atoms. The van der Waals surface area contributed by atoms with E-state index in [9.17, 15) is 5.11 Å². The van der Waals surface area contributed by atoms with Crippen LogP contribution in [-0.4, -0.2) is 25.4 Å². The van der Waals surface area contributed by atoms with Crippen molar-refractivity contribution in [2.24, 2.45) is 11.7 Å². The second kappa shape index (κ2) is 11.8. The van der Waals surface area contributed by atoms with Gasteiger partial charge in [-0.3, -0.25) is 0 Å². The second-order valence-corrected chi connectivity index (χ2v) is 7.32. The number of para-hydroxylation sites is 2. The summed E-state index contributed by atoms with van der Waals surface area (Å²) in [7, 11) is 1.71. The minimum Gasteiger partial charge on any atom is -0.457 e. The lowest BCUT2D eigenvalue weighted by Gasteiger charge is -2.38. The summed E-state index contributed by atoms with van der Waals surface area (Å²) in [4.78, 5) is 0. The molecule has 0 fully saturated rings. The number of benzene rings is 2. The summed E-state index contributed by atoms with van der Waals surface area (Å²) < 4.78 is 11.4. The number of ether oxygens (including phenoxy) is 2. The summed E-state index contributed by atoms with van der Waals surface area (Å²) in [5.41, 5.74) is 5.67. The van der Waals surface area contributed by atoms with Crippen LogP contribution in [0.3, 0.4) is 0 Å². The molecule has 154 valence electrons. The SMILES string of the molecule is CC[C@@H](CCCN)[C@@](O)(CCCCOC)c1ccccc1Oc1ccccc1. The van der Waals surface area contributed by atoms with Crippen molar-refractivity contribution in [2.45, 2.75) is 51.0 Å². The van der Waals surface area contributed by atoms with Gasteiger partial charge >= 0.3 is 0 Å². The van der Waals surface area contributed by atoms with Crippen molar-refractivity contribution in [3.05, 3.63) is 60.2 Å². The quantitative estimate of drug-likeness (QED) is 0.462. The van der Waals surface area contributed by atoms with Gasteiger partial charge in [-0.2, -0.15) is 0 Å². The van der Waals surface area contributed by atoms with Gasteiger partial charge in [-0.1, -0.05) is 49.7 Å². The van der Waals surface area contributed by atoms with E-state index in [0.29, 0.717) is 25.3 Å². The van der Waals surface area contributed by atoms with Crippen LogP contribution in [0.25, 0.3) is 0 Å². The van der Waals surface area contributed by atoms with Gasteiger partial charge in [0.2, 0.25) is 0 Å². The van der Waals surface area contributed by atoms with Crippen LogP contribution >= 0.6 is 0 Å². The highest BCUT2D eigenvalue weighted by Crippen LogP contribution is 2.44. The lowest BCUT2D eigenvalue weighted by molar-refractivity contribution is -0.0419. The topological polar surface area (TPSA) is 64.7 Å². The van der Waals surface area contributed by atoms with Gasteiger partial charge < -0.3 is 20.3 Å². The van der Waals surface area contributed by atoms with Crippen molar-refractivity contribution in [3.8, 4) is 11.5 Å². The normalized spacial score (nSPS) is 14.4. The fourth-order valence-electron chi connectivity index (χ4n) is 3.87. The number of methoxy groups -OCH3 is 1. The summed E-state index contributed by atoms with van der Waals surface area (Å²) >= 11 is 0. The Morgan fingerprint density at radius 2 is 1.71 bits per heavy atom. The molecule has 0 aliphatic rings. The van der Waals surface area contributed by atoms with Gasteiger partial charge in [0, 0.05) is 19.3 Å². The first-order valence-corrected chi connectivity index (χ1v) is 10.4. The maximum Gasteiger partial charge on any atom is 0.133 e. The van der Waals surface area contributed by atoms with E-state index in [-0.39, 0.29) is 5.92 Å². The maximum atomic E-state index is 12.0. The van der Waals surface area contributed by atoms with Crippen LogP contribution in [0.1, 0.15) is 51.0 Å². The predicted molar refractivity (Wildman–Crippen MR) is 115 cm³/mol. The smallest absolute Gasteiger partial charge is 0.133 e. The standard InChI is InChI=1S/C24H35NO3/c1-3-20(12-11-18-25)24(26,17-9-10-19-27-2)22-15-7-8-16-23(22)28-21-13-5-4-6-14-21/h4-8,13-16,20,26H,3,9-12,17-19,25H2,1-2H3/t20-,24-/m0/s1. The number of rotatable bonds is 13. The van der Waals surface area contributed by atoms with Crippen LogP contribution in [0.5, 0.6) is 11.5 Å². The molecule has 0 bridgehead atoms. The summed E-state index contributed by atoms with van der Waals surface area (Å²) in [6.45, 7) is 3.48. The molecule has 2 aromatic carbocycles. The van der Waals surface area contributed by atoms with Crippen LogP contribution in [0, 0.1) is 5.92 Å². The molecular formula is C24H35NO3. The Hall–Kier alpha value is -1.88. The zero-order chi connectivity index (χ0) is 20.2. The lowest BCUT2D eigenvalue weighted by Crippen LogP contribution is -2.36. The Kier molecular flexibility index (Phi) is 9.48. The van der Waals surface area contributed by atoms with Crippen molar-refractivity contribution in [1.29, 1.82) is 0 Å². The zero-order valence-electron chi connectivity index (χ0n) is 17.3. The molecule has 2 aromatic rings. The van der Waals surface area contributed by atoms with Crippen LogP contribution in [0.15, 0.2) is 54.6 Å². The Labute approximate surface area is 169 Å². The Morgan fingerprint density at radius 3 is 2.39 bits per heavy atom. The van der Waals surface area contributed by atoms with E-state index in [1.54, 1.807) is 7.11 Å². The number of nitrogens with two attached hydrogens (primary N) is 1. The third-order valence-corrected chi connectivity index (χ3v) is 5.41. The Bertz CT molecular complexity index is 677. The van der Waals surface area contributed by atoms with Crippen molar-refractivity contribution in [3.63, 3.8) is 0 Å². The fraction of sp³-hybridized carbons (Fsp3) is 0.500.